The van der Waals surface area contributed by atoms with Gasteiger partial charge >= 0.3 is 0 Å². The Bertz CT molecular complexity index is 418. The number of rotatable bonds is 7. The first kappa shape index (κ1) is 15.3. The molecule has 0 spiro atoms. The van der Waals surface area contributed by atoms with E-state index in [1.165, 1.54) is 12.8 Å². The fraction of sp³-hybridized carbons (Fsp3) is 0.533. The summed E-state index contributed by atoms with van der Waals surface area (Å²) in [6, 6.07) is 5.50. The average Bonchev–Trinajstić information content (AvgIpc) is 2.39. The molecule has 0 radical (unpaired) electrons. The van der Waals surface area contributed by atoms with Crippen molar-refractivity contribution in [2.45, 2.75) is 33.1 Å². The van der Waals surface area contributed by atoms with Crippen LogP contribution in [0.25, 0.3) is 0 Å². The molecule has 0 saturated heterocycles. The molecular weight excluding hydrogens is 238 g/mol. The first-order chi connectivity index (χ1) is 9.10. The van der Waals surface area contributed by atoms with Crippen LogP contribution < -0.4 is 16.0 Å². The van der Waals surface area contributed by atoms with Crippen LogP contribution in [-0.4, -0.2) is 26.0 Å². The number of hydrogen-bond acceptors (Lipinski definition) is 3. The van der Waals surface area contributed by atoms with Crippen LogP contribution in [-0.2, 0) is 0 Å². The van der Waals surface area contributed by atoms with Gasteiger partial charge in [0, 0.05) is 25.7 Å². The van der Waals surface area contributed by atoms with Gasteiger partial charge in [0.1, 0.15) is 0 Å². The van der Waals surface area contributed by atoms with Crippen molar-refractivity contribution in [1.82, 2.24) is 5.32 Å². The van der Waals surface area contributed by atoms with Gasteiger partial charge in [-0.05, 0) is 31.5 Å². The Kier molecular flexibility index (Phi) is 6.19. The van der Waals surface area contributed by atoms with Crippen LogP contribution in [0.5, 0.6) is 0 Å². The van der Waals surface area contributed by atoms with E-state index < -0.39 is 0 Å². The molecule has 0 aliphatic carbocycles. The van der Waals surface area contributed by atoms with E-state index in [1.807, 2.05) is 26.1 Å². The highest BCUT2D eigenvalue weighted by Crippen LogP contribution is 2.23. The van der Waals surface area contributed by atoms with Gasteiger partial charge in [-0.25, -0.2) is 0 Å². The summed E-state index contributed by atoms with van der Waals surface area (Å²) in [4.78, 5) is 13.9. The minimum absolute atomic E-state index is 0.0746. The van der Waals surface area contributed by atoms with Crippen molar-refractivity contribution in [3.05, 3.63) is 23.8 Å². The van der Waals surface area contributed by atoms with Crippen LogP contribution in [0, 0.1) is 0 Å². The molecule has 0 aliphatic rings. The fourth-order valence-electron chi connectivity index (χ4n) is 2.03. The molecule has 1 amide bonds. The summed E-state index contributed by atoms with van der Waals surface area (Å²) in [7, 11) is 2.03. The number of nitrogens with one attached hydrogen (secondary N) is 1. The fourth-order valence-corrected chi connectivity index (χ4v) is 2.03. The largest absolute Gasteiger partial charge is 0.397 e. The lowest BCUT2D eigenvalue weighted by Gasteiger charge is -2.21. The average molecular weight is 263 g/mol. The summed E-state index contributed by atoms with van der Waals surface area (Å²) in [6.45, 7) is 5.70. The molecule has 0 saturated carbocycles. The molecule has 0 bridgehead atoms. The van der Waals surface area contributed by atoms with E-state index >= 15 is 0 Å². The van der Waals surface area contributed by atoms with Crippen molar-refractivity contribution in [1.29, 1.82) is 0 Å². The molecule has 4 nitrogen and oxygen atoms in total. The van der Waals surface area contributed by atoms with E-state index in [2.05, 4.69) is 17.1 Å². The lowest BCUT2D eigenvalue weighted by molar-refractivity contribution is 0.0956. The lowest BCUT2D eigenvalue weighted by Crippen LogP contribution is -2.23. The Labute approximate surface area is 116 Å². The zero-order valence-electron chi connectivity index (χ0n) is 12.2. The lowest BCUT2D eigenvalue weighted by atomic mass is 10.1. The van der Waals surface area contributed by atoms with Crippen LogP contribution in [0.4, 0.5) is 11.4 Å². The maximum Gasteiger partial charge on any atom is 0.251 e. The van der Waals surface area contributed by atoms with E-state index in [-0.39, 0.29) is 5.91 Å². The number of carbonyl (C=O) groups excluding carboxylic acids is 1. The summed E-state index contributed by atoms with van der Waals surface area (Å²) in [5, 5.41) is 2.77. The highest BCUT2D eigenvalue weighted by Gasteiger charge is 2.09. The van der Waals surface area contributed by atoms with Gasteiger partial charge in [0.25, 0.3) is 5.91 Å². The monoisotopic (exact) mass is 263 g/mol. The molecule has 106 valence electrons. The van der Waals surface area contributed by atoms with Gasteiger partial charge in [0.2, 0.25) is 0 Å². The Morgan fingerprint density at radius 2 is 2.05 bits per heavy atom. The summed E-state index contributed by atoms with van der Waals surface area (Å²) in [5.74, 6) is -0.0746. The summed E-state index contributed by atoms with van der Waals surface area (Å²) < 4.78 is 0. The maximum absolute atomic E-state index is 11.7. The number of anilines is 2. The SMILES string of the molecule is CCCCCN(C)c1ccc(C(=O)NCC)cc1N. The topological polar surface area (TPSA) is 58.4 Å². The van der Waals surface area contributed by atoms with E-state index in [0.29, 0.717) is 17.8 Å². The number of nitrogens with two attached hydrogens (primary N) is 1. The van der Waals surface area contributed by atoms with Crippen LogP contribution >= 0.6 is 0 Å². The Morgan fingerprint density at radius 1 is 1.32 bits per heavy atom. The van der Waals surface area contributed by atoms with Crippen LogP contribution in [0.1, 0.15) is 43.5 Å². The normalized spacial score (nSPS) is 10.3. The molecule has 0 aliphatic heterocycles. The minimum atomic E-state index is -0.0746. The van der Waals surface area contributed by atoms with Gasteiger partial charge in [-0.1, -0.05) is 19.8 Å². The molecule has 1 aromatic carbocycles. The Balaban J connectivity index is 2.73. The highest BCUT2D eigenvalue weighted by molar-refractivity contribution is 5.96. The number of benzene rings is 1. The number of hydrogen-bond donors (Lipinski definition) is 2. The van der Waals surface area contributed by atoms with Gasteiger partial charge in [0.15, 0.2) is 0 Å². The molecule has 1 aromatic rings. The Morgan fingerprint density at radius 3 is 2.63 bits per heavy atom. The molecule has 1 rings (SSSR count). The van der Waals surface area contributed by atoms with Crippen molar-refractivity contribution in [3.63, 3.8) is 0 Å². The number of nitrogens with zero attached hydrogens (tertiary/aromatic N) is 1. The summed E-state index contributed by atoms with van der Waals surface area (Å²) >= 11 is 0. The third-order valence-corrected chi connectivity index (χ3v) is 3.14. The molecule has 0 fully saturated rings. The van der Waals surface area contributed by atoms with Gasteiger partial charge in [-0.15, -0.1) is 0 Å². The van der Waals surface area contributed by atoms with Gasteiger partial charge in [-0.3, -0.25) is 4.79 Å². The van der Waals surface area contributed by atoms with Crippen molar-refractivity contribution < 1.29 is 4.79 Å². The van der Waals surface area contributed by atoms with E-state index in [4.69, 9.17) is 5.73 Å². The number of carbonyl (C=O) groups is 1. The standard InChI is InChI=1S/C15H25N3O/c1-4-6-7-10-18(3)14-9-8-12(11-13(14)16)15(19)17-5-2/h8-9,11H,4-7,10,16H2,1-3H3,(H,17,19). The molecule has 3 N–H and O–H groups in total. The molecule has 0 unspecified atom stereocenters. The third kappa shape index (κ3) is 4.47. The van der Waals surface area contributed by atoms with Gasteiger partial charge in [-0.2, -0.15) is 0 Å². The Hall–Kier alpha value is -1.71. The van der Waals surface area contributed by atoms with Crippen molar-refractivity contribution >= 4 is 17.3 Å². The van der Waals surface area contributed by atoms with Crippen LogP contribution in [0.2, 0.25) is 0 Å². The van der Waals surface area contributed by atoms with Crippen LogP contribution in [0.15, 0.2) is 18.2 Å². The number of nitrogen functional groups attached to an aromatic ring is 1. The second-order valence-corrected chi connectivity index (χ2v) is 4.76. The van der Waals surface area contributed by atoms with E-state index in [1.54, 1.807) is 6.07 Å². The maximum atomic E-state index is 11.7. The van der Waals surface area contributed by atoms with Gasteiger partial charge < -0.3 is 16.0 Å². The summed E-state index contributed by atoms with van der Waals surface area (Å²) in [6.07, 6.45) is 3.59. The predicted octanol–water partition coefficient (Wildman–Crippen LogP) is 2.64. The van der Waals surface area contributed by atoms with Gasteiger partial charge in [0.05, 0.1) is 11.4 Å². The third-order valence-electron chi connectivity index (χ3n) is 3.14. The minimum Gasteiger partial charge on any atom is -0.397 e. The zero-order valence-corrected chi connectivity index (χ0v) is 12.2. The number of amides is 1. The molecular formula is C15H25N3O. The second-order valence-electron chi connectivity index (χ2n) is 4.76. The molecule has 19 heavy (non-hydrogen) atoms. The first-order valence-corrected chi connectivity index (χ1v) is 6.99. The van der Waals surface area contributed by atoms with Crippen LogP contribution in [0.3, 0.4) is 0 Å². The second kappa shape index (κ2) is 7.67. The first-order valence-electron chi connectivity index (χ1n) is 6.99. The predicted molar refractivity (Wildman–Crippen MR) is 81.7 cm³/mol. The van der Waals surface area contributed by atoms with E-state index in [9.17, 15) is 4.79 Å². The van der Waals surface area contributed by atoms with Crippen molar-refractivity contribution in [2.24, 2.45) is 0 Å². The highest BCUT2D eigenvalue weighted by atomic mass is 16.1. The molecule has 0 aromatic heterocycles. The quantitative estimate of drug-likeness (QED) is 0.587. The number of unbranched alkanes of at least 4 members (excludes halogenated alkanes) is 2. The molecule has 0 heterocycles. The molecule has 4 heteroatoms. The zero-order chi connectivity index (χ0) is 14.3. The smallest absolute Gasteiger partial charge is 0.251 e. The summed E-state index contributed by atoms with van der Waals surface area (Å²) in [5.41, 5.74) is 8.30. The van der Waals surface area contributed by atoms with E-state index in [0.717, 1.165) is 18.7 Å². The van der Waals surface area contributed by atoms with Crippen molar-refractivity contribution in [2.75, 3.05) is 30.8 Å². The van der Waals surface area contributed by atoms with Crippen molar-refractivity contribution in [3.8, 4) is 0 Å². The molecule has 0 atom stereocenters.